The Hall–Kier alpha value is -0.630. The molecule has 3 heterocycles. The van der Waals surface area contributed by atoms with Crippen LogP contribution in [0.25, 0.3) is 0 Å². The van der Waals surface area contributed by atoms with Crippen molar-refractivity contribution in [3.63, 3.8) is 0 Å². The molecule has 4 rings (SSSR count). The summed E-state index contributed by atoms with van der Waals surface area (Å²) in [5.41, 5.74) is 0.965. The summed E-state index contributed by atoms with van der Waals surface area (Å²) in [7, 11) is 0.178. The number of rotatable bonds is 4. The molecule has 24 heavy (non-hydrogen) atoms. The van der Waals surface area contributed by atoms with Crippen molar-refractivity contribution in [3.05, 3.63) is 35.9 Å². The standard InChI is InChI=1S/C16H21O7P/c1-3-19-24-22-13-12-11(20-16(17-2)14(13)23-24)9-18-15(21-12)10-7-5-4-6-8-10/h4-8,11-16H,3,9H2,1-2H3/t11-,12-,13+,14-,15?,16+,24?/m1/s1. The van der Waals surface area contributed by atoms with Crippen molar-refractivity contribution in [2.45, 2.75) is 43.9 Å². The zero-order chi connectivity index (χ0) is 16.5. The average molecular weight is 356 g/mol. The maximum Gasteiger partial charge on any atom is 0.333 e. The summed E-state index contributed by atoms with van der Waals surface area (Å²) in [5, 5.41) is 0. The molecule has 3 aliphatic heterocycles. The zero-order valence-corrected chi connectivity index (χ0v) is 14.5. The summed E-state index contributed by atoms with van der Waals surface area (Å²) < 4.78 is 40.7. The number of methoxy groups -OCH3 is 1. The first-order valence-electron chi connectivity index (χ1n) is 8.07. The fourth-order valence-electron chi connectivity index (χ4n) is 3.14. The summed E-state index contributed by atoms with van der Waals surface area (Å²) in [4.78, 5) is 0. The van der Waals surface area contributed by atoms with Gasteiger partial charge in [0.05, 0.1) is 13.2 Å². The molecular formula is C16H21O7P. The number of ether oxygens (including phenoxy) is 4. The van der Waals surface area contributed by atoms with Gasteiger partial charge in [0, 0.05) is 12.7 Å². The van der Waals surface area contributed by atoms with E-state index in [-0.39, 0.29) is 24.4 Å². The fraction of sp³-hybridized carbons (Fsp3) is 0.625. The summed E-state index contributed by atoms with van der Waals surface area (Å²) >= 11 is 0. The minimum atomic E-state index is -1.41. The summed E-state index contributed by atoms with van der Waals surface area (Å²) in [6.45, 7) is 2.83. The Morgan fingerprint density at radius 1 is 1.08 bits per heavy atom. The van der Waals surface area contributed by atoms with E-state index in [0.29, 0.717) is 13.2 Å². The number of hydrogen-bond donors (Lipinski definition) is 0. The van der Waals surface area contributed by atoms with Crippen LogP contribution < -0.4 is 0 Å². The highest BCUT2D eigenvalue weighted by Gasteiger charge is 2.57. The van der Waals surface area contributed by atoms with Crippen molar-refractivity contribution in [2.24, 2.45) is 0 Å². The third-order valence-electron chi connectivity index (χ3n) is 4.24. The van der Waals surface area contributed by atoms with Crippen LogP contribution in [0.2, 0.25) is 0 Å². The number of hydrogen-bond acceptors (Lipinski definition) is 7. The molecule has 3 fully saturated rings. The number of fused-ring (bicyclic) bond motifs is 3. The first kappa shape index (κ1) is 16.8. The lowest BCUT2D eigenvalue weighted by molar-refractivity contribution is -0.343. The van der Waals surface area contributed by atoms with E-state index in [9.17, 15) is 0 Å². The van der Waals surface area contributed by atoms with Crippen LogP contribution in [0.1, 0.15) is 18.8 Å². The SMILES string of the molecule is CCOP1O[C@@H]2[C@@H](O1)[C@@H](OC)O[C@@H]1COC(c3ccccc3)O[C@@H]21. The largest absolute Gasteiger partial charge is 0.353 e. The molecule has 0 spiro atoms. The van der Waals surface area contributed by atoms with Gasteiger partial charge in [0.2, 0.25) is 0 Å². The molecule has 0 N–H and O–H groups in total. The lowest BCUT2D eigenvalue weighted by atomic mass is 9.98. The summed E-state index contributed by atoms with van der Waals surface area (Å²) in [6, 6.07) is 9.82. The predicted molar refractivity (Wildman–Crippen MR) is 84.0 cm³/mol. The van der Waals surface area contributed by atoms with Gasteiger partial charge in [-0.25, -0.2) is 0 Å². The quantitative estimate of drug-likeness (QED) is 0.768. The van der Waals surface area contributed by atoms with Crippen LogP contribution in [0.15, 0.2) is 30.3 Å². The second-order valence-electron chi connectivity index (χ2n) is 5.74. The lowest BCUT2D eigenvalue weighted by Crippen LogP contribution is -2.61. The number of benzene rings is 1. The maximum atomic E-state index is 6.16. The minimum Gasteiger partial charge on any atom is -0.353 e. The van der Waals surface area contributed by atoms with Crippen molar-refractivity contribution in [1.82, 2.24) is 0 Å². The van der Waals surface area contributed by atoms with E-state index in [0.717, 1.165) is 5.56 Å². The zero-order valence-electron chi connectivity index (χ0n) is 13.6. The highest BCUT2D eigenvalue weighted by atomic mass is 31.2. The molecule has 3 saturated heterocycles. The van der Waals surface area contributed by atoms with Gasteiger partial charge in [0.1, 0.15) is 24.4 Å². The minimum absolute atomic E-state index is 0.267. The van der Waals surface area contributed by atoms with Crippen molar-refractivity contribution in [1.29, 1.82) is 0 Å². The van der Waals surface area contributed by atoms with E-state index < -0.39 is 21.2 Å². The van der Waals surface area contributed by atoms with Crippen LogP contribution in [0, 0.1) is 0 Å². The molecule has 7 atom stereocenters. The third kappa shape index (κ3) is 3.11. The molecule has 1 aromatic carbocycles. The second kappa shape index (κ2) is 7.32. The Morgan fingerprint density at radius 3 is 2.62 bits per heavy atom. The Labute approximate surface area is 142 Å². The predicted octanol–water partition coefficient (Wildman–Crippen LogP) is 2.52. The van der Waals surface area contributed by atoms with Crippen LogP contribution in [0.3, 0.4) is 0 Å². The molecule has 132 valence electrons. The Bertz CT molecular complexity index is 544. The van der Waals surface area contributed by atoms with Gasteiger partial charge in [-0.15, -0.1) is 0 Å². The van der Waals surface area contributed by atoms with E-state index in [1.54, 1.807) is 7.11 Å². The first-order chi connectivity index (χ1) is 11.8. The Morgan fingerprint density at radius 2 is 1.88 bits per heavy atom. The molecule has 1 aromatic rings. The summed E-state index contributed by atoms with van der Waals surface area (Å²) in [5.74, 6) is 0. The van der Waals surface area contributed by atoms with E-state index in [1.807, 2.05) is 37.3 Å². The van der Waals surface area contributed by atoms with Gasteiger partial charge in [-0.3, -0.25) is 0 Å². The highest BCUT2D eigenvalue weighted by molar-refractivity contribution is 7.42. The van der Waals surface area contributed by atoms with Gasteiger partial charge >= 0.3 is 8.60 Å². The molecule has 3 aliphatic rings. The third-order valence-corrected chi connectivity index (χ3v) is 5.54. The molecule has 8 heteroatoms. The van der Waals surface area contributed by atoms with Gasteiger partial charge in [-0.05, 0) is 6.92 Å². The maximum absolute atomic E-state index is 6.16. The van der Waals surface area contributed by atoms with Crippen LogP contribution >= 0.6 is 8.60 Å². The Kier molecular flexibility index (Phi) is 5.13. The molecule has 0 saturated carbocycles. The van der Waals surface area contributed by atoms with E-state index in [2.05, 4.69) is 0 Å². The van der Waals surface area contributed by atoms with Crippen molar-refractivity contribution in [3.8, 4) is 0 Å². The van der Waals surface area contributed by atoms with Gasteiger partial charge in [-0.2, -0.15) is 0 Å². The topological polar surface area (TPSA) is 64.6 Å². The van der Waals surface area contributed by atoms with Gasteiger partial charge in [0.15, 0.2) is 12.6 Å². The van der Waals surface area contributed by atoms with Gasteiger partial charge in [-0.1, -0.05) is 30.3 Å². The molecule has 0 bridgehead atoms. The van der Waals surface area contributed by atoms with E-state index in [4.69, 9.17) is 32.5 Å². The highest BCUT2D eigenvalue weighted by Crippen LogP contribution is 2.54. The van der Waals surface area contributed by atoms with Gasteiger partial charge < -0.3 is 32.5 Å². The van der Waals surface area contributed by atoms with Gasteiger partial charge in [0.25, 0.3) is 0 Å². The molecule has 0 aromatic heterocycles. The average Bonchev–Trinajstić information content (AvgIpc) is 3.06. The summed E-state index contributed by atoms with van der Waals surface area (Å²) in [6.07, 6.45) is -2.21. The fourth-order valence-corrected chi connectivity index (χ4v) is 4.38. The molecule has 0 aliphatic carbocycles. The lowest BCUT2D eigenvalue weighted by Gasteiger charge is -2.45. The normalized spacial score (nSPS) is 41.7. The monoisotopic (exact) mass is 356 g/mol. The van der Waals surface area contributed by atoms with Crippen LogP contribution in [0.5, 0.6) is 0 Å². The smallest absolute Gasteiger partial charge is 0.333 e. The van der Waals surface area contributed by atoms with Crippen LogP contribution in [-0.2, 0) is 32.5 Å². The molecule has 0 radical (unpaired) electrons. The van der Waals surface area contributed by atoms with Crippen molar-refractivity contribution in [2.75, 3.05) is 20.3 Å². The first-order valence-corrected chi connectivity index (χ1v) is 9.16. The molecule has 2 unspecified atom stereocenters. The molecule has 7 nitrogen and oxygen atoms in total. The Balaban J connectivity index is 1.52. The van der Waals surface area contributed by atoms with E-state index >= 15 is 0 Å². The second-order valence-corrected chi connectivity index (χ2v) is 6.86. The van der Waals surface area contributed by atoms with Crippen LogP contribution in [-0.4, -0.2) is 51.0 Å². The molecular weight excluding hydrogens is 335 g/mol. The van der Waals surface area contributed by atoms with Crippen molar-refractivity contribution < 1.29 is 32.5 Å². The van der Waals surface area contributed by atoms with E-state index in [1.165, 1.54) is 0 Å². The van der Waals surface area contributed by atoms with Crippen LogP contribution in [0.4, 0.5) is 0 Å². The van der Waals surface area contributed by atoms with Crippen molar-refractivity contribution >= 4 is 8.60 Å². The molecule has 0 amide bonds.